The third-order valence-electron chi connectivity index (χ3n) is 7.34. The number of furan rings is 1. The number of carbonyl (C=O) groups excluding carboxylic acids is 1. The number of amides is 1. The largest absolute Gasteiger partial charge is 0.456 e. The summed E-state index contributed by atoms with van der Waals surface area (Å²) in [4.78, 5) is 15.9. The lowest BCUT2D eigenvalue weighted by Crippen LogP contribution is -2.41. The molecule has 2 aliphatic carbocycles. The van der Waals surface area contributed by atoms with Gasteiger partial charge in [-0.2, -0.15) is 0 Å². The molecule has 1 aliphatic heterocycles. The van der Waals surface area contributed by atoms with Crippen LogP contribution in [0.4, 0.5) is 0 Å². The number of thioether (sulfide) groups is 1. The molecule has 3 unspecified atom stereocenters. The number of benzene rings is 1. The highest BCUT2D eigenvalue weighted by Gasteiger charge is 2.48. The Morgan fingerprint density at radius 3 is 2.78 bits per heavy atom. The van der Waals surface area contributed by atoms with E-state index in [2.05, 4.69) is 0 Å². The number of hydrogen-bond donors (Lipinski definition) is 2. The van der Waals surface area contributed by atoms with Gasteiger partial charge in [-0.1, -0.05) is 42.0 Å². The van der Waals surface area contributed by atoms with Crippen LogP contribution in [-0.4, -0.2) is 57.3 Å². The minimum atomic E-state index is -0.872. The molecule has 3 aliphatic rings. The van der Waals surface area contributed by atoms with Crippen LogP contribution < -0.4 is 0 Å². The Labute approximate surface area is 225 Å². The molecule has 2 saturated carbocycles. The van der Waals surface area contributed by atoms with E-state index in [1.54, 1.807) is 0 Å². The maximum absolute atomic E-state index is 13.4. The normalized spacial score (nSPS) is 25.5. The van der Waals surface area contributed by atoms with Gasteiger partial charge in [0.1, 0.15) is 21.9 Å². The monoisotopic (exact) mass is 547 g/mol. The lowest BCUT2D eigenvalue weighted by molar-refractivity contribution is -0.124. The van der Waals surface area contributed by atoms with Gasteiger partial charge in [0.2, 0.25) is 0 Å². The molecule has 36 heavy (non-hydrogen) atoms. The number of carbonyl (C=O) groups is 1. The van der Waals surface area contributed by atoms with Gasteiger partial charge in [-0.05, 0) is 79.8 Å². The van der Waals surface area contributed by atoms with Crippen molar-refractivity contribution in [3.05, 3.63) is 51.6 Å². The number of aliphatic hydroxyl groups is 2. The van der Waals surface area contributed by atoms with E-state index in [0.717, 1.165) is 23.5 Å². The van der Waals surface area contributed by atoms with E-state index >= 15 is 0 Å². The summed E-state index contributed by atoms with van der Waals surface area (Å²) in [6.07, 6.45) is 7.07. The second-order valence-corrected chi connectivity index (χ2v) is 11.9. The molecule has 1 aromatic carbocycles. The van der Waals surface area contributed by atoms with Gasteiger partial charge in [0.15, 0.2) is 0 Å². The van der Waals surface area contributed by atoms with Crippen LogP contribution in [0.25, 0.3) is 17.4 Å². The van der Waals surface area contributed by atoms with E-state index in [0.29, 0.717) is 51.1 Å². The van der Waals surface area contributed by atoms with Crippen molar-refractivity contribution in [2.75, 3.05) is 19.8 Å². The van der Waals surface area contributed by atoms with E-state index in [1.807, 2.05) is 41.3 Å². The maximum Gasteiger partial charge on any atom is 0.266 e. The third-order valence-corrected chi connectivity index (χ3v) is 8.93. The van der Waals surface area contributed by atoms with Crippen LogP contribution in [0.3, 0.4) is 0 Å². The van der Waals surface area contributed by atoms with Gasteiger partial charge < -0.3 is 19.4 Å². The Bertz CT molecular complexity index is 1150. The first-order valence-electron chi connectivity index (χ1n) is 12.4. The van der Waals surface area contributed by atoms with Crippen LogP contribution in [0, 0.1) is 11.8 Å². The van der Waals surface area contributed by atoms with Crippen LogP contribution in [0.5, 0.6) is 0 Å². The van der Waals surface area contributed by atoms with E-state index in [1.165, 1.54) is 31.0 Å². The van der Waals surface area contributed by atoms with Crippen molar-refractivity contribution >= 4 is 51.9 Å². The molecule has 0 radical (unpaired) electrons. The summed E-state index contributed by atoms with van der Waals surface area (Å²) in [5, 5.41) is 19.0. The third kappa shape index (κ3) is 5.59. The number of ether oxygens (including phenoxy) is 1. The molecule has 6 nitrogen and oxygen atoms in total. The van der Waals surface area contributed by atoms with Crippen molar-refractivity contribution in [3.8, 4) is 11.3 Å². The summed E-state index contributed by atoms with van der Waals surface area (Å²) in [5.74, 6) is 2.63. The molecule has 1 aromatic heterocycles. The van der Waals surface area contributed by atoms with Crippen LogP contribution >= 0.6 is 35.6 Å². The first kappa shape index (κ1) is 25.9. The predicted octanol–water partition coefficient (Wildman–Crippen LogP) is 5.29. The summed E-state index contributed by atoms with van der Waals surface area (Å²) < 4.78 is 12.4. The Balaban J connectivity index is 1.35. The number of fused-ring (bicyclic) bond motifs is 2. The highest BCUT2D eigenvalue weighted by Crippen LogP contribution is 2.49. The Hall–Kier alpha value is -1.68. The van der Waals surface area contributed by atoms with E-state index in [-0.39, 0.29) is 25.2 Å². The number of aryl methyl sites for hydroxylation is 1. The molecule has 2 N–H and O–H groups in total. The van der Waals surface area contributed by atoms with Gasteiger partial charge in [-0.25, -0.2) is 0 Å². The van der Waals surface area contributed by atoms with Crippen molar-refractivity contribution in [2.45, 2.75) is 50.7 Å². The summed E-state index contributed by atoms with van der Waals surface area (Å²) in [6, 6.07) is 9.67. The van der Waals surface area contributed by atoms with Crippen molar-refractivity contribution in [1.82, 2.24) is 4.90 Å². The maximum atomic E-state index is 13.4. The molecule has 4 atom stereocenters. The number of halogens is 1. The second-order valence-electron chi connectivity index (χ2n) is 9.82. The van der Waals surface area contributed by atoms with Crippen molar-refractivity contribution < 1.29 is 24.2 Å². The summed E-state index contributed by atoms with van der Waals surface area (Å²) in [5.41, 5.74) is 1.87. The predicted molar refractivity (Wildman–Crippen MR) is 146 cm³/mol. The molecular formula is C27H30ClNO5S2. The number of thiocarbonyl (C=S) groups is 1. The fraction of sp³-hybridized carbons (Fsp3) is 0.481. The Kier molecular flexibility index (Phi) is 8.20. The molecule has 1 saturated heterocycles. The highest BCUT2D eigenvalue weighted by molar-refractivity contribution is 8.26. The average molecular weight is 548 g/mol. The zero-order chi connectivity index (χ0) is 25.2. The molecule has 2 aromatic rings. The van der Waals surface area contributed by atoms with Crippen LogP contribution in [0.2, 0.25) is 5.02 Å². The molecular weight excluding hydrogens is 518 g/mol. The van der Waals surface area contributed by atoms with Gasteiger partial charge in [0.05, 0.1) is 18.1 Å². The van der Waals surface area contributed by atoms with Gasteiger partial charge in [-0.15, -0.1) is 0 Å². The van der Waals surface area contributed by atoms with E-state index in [4.69, 9.17) is 38.1 Å². The highest BCUT2D eigenvalue weighted by atomic mass is 35.5. The lowest BCUT2D eigenvalue weighted by atomic mass is 9.94. The molecule has 3 fully saturated rings. The number of hydrogen-bond acceptors (Lipinski definition) is 7. The zero-order valence-electron chi connectivity index (χ0n) is 19.9. The standard InChI is InChI=1S/C27H30ClNO5S2/c28-20-7-5-17(6-8-20)23-12-19(2-1-9-33-15-21(31)14-30)24(34-23)13-25-26(32)29(27(35)36-25)22-11-16-3-4-18(22)10-16/h5-8,12-13,16,18,21-22,30-31H,1-4,9-11,14-15H2/b25-13-/t16?,18?,21-,22?/m0/s1. The molecule has 192 valence electrons. The fourth-order valence-electron chi connectivity index (χ4n) is 5.57. The number of aliphatic hydroxyl groups excluding tert-OH is 2. The van der Waals surface area contributed by atoms with Crippen molar-refractivity contribution in [1.29, 1.82) is 0 Å². The first-order chi connectivity index (χ1) is 17.4. The minimum Gasteiger partial charge on any atom is -0.456 e. The van der Waals surface area contributed by atoms with Crippen molar-refractivity contribution in [2.24, 2.45) is 11.8 Å². The fourth-order valence-corrected chi connectivity index (χ4v) is 7.04. The summed E-state index contributed by atoms with van der Waals surface area (Å²) >= 11 is 13.1. The summed E-state index contributed by atoms with van der Waals surface area (Å²) in [7, 11) is 0. The first-order valence-corrected chi connectivity index (χ1v) is 14.1. The van der Waals surface area contributed by atoms with Crippen LogP contribution in [0.1, 0.15) is 43.4 Å². The molecule has 1 amide bonds. The molecule has 2 bridgehead atoms. The second kappa shape index (κ2) is 11.4. The molecule has 5 rings (SSSR count). The molecule has 2 heterocycles. The molecule has 9 heteroatoms. The summed E-state index contributed by atoms with van der Waals surface area (Å²) in [6.45, 7) is 0.206. The quantitative estimate of drug-likeness (QED) is 0.237. The minimum absolute atomic E-state index is 0.0146. The Morgan fingerprint density at radius 1 is 1.28 bits per heavy atom. The number of rotatable bonds is 10. The van der Waals surface area contributed by atoms with Gasteiger partial charge in [-0.3, -0.25) is 9.69 Å². The van der Waals surface area contributed by atoms with Gasteiger partial charge in [0, 0.05) is 29.3 Å². The topological polar surface area (TPSA) is 83.1 Å². The Morgan fingerprint density at radius 2 is 2.08 bits per heavy atom. The van der Waals surface area contributed by atoms with Crippen molar-refractivity contribution in [3.63, 3.8) is 0 Å². The van der Waals surface area contributed by atoms with Crippen LogP contribution in [-0.2, 0) is 16.0 Å². The SMILES string of the molecule is O=C1/C(=C/c2oc(-c3ccc(Cl)cc3)cc2CCCOC[C@@H](O)CO)SC(=S)N1C1CC2CCC1C2. The number of nitrogens with zero attached hydrogens (tertiary/aromatic N) is 1. The van der Waals surface area contributed by atoms with E-state index < -0.39 is 6.10 Å². The average Bonchev–Trinajstić information content (AvgIpc) is 3.64. The lowest BCUT2D eigenvalue weighted by Gasteiger charge is -2.30. The van der Waals surface area contributed by atoms with Gasteiger partial charge >= 0.3 is 0 Å². The van der Waals surface area contributed by atoms with Gasteiger partial charge in [0.25, 0.3) is 5.91 Å². The van der Waals surface area contributed by atoms with Crippen LogP contribution in [0.15, 0.2) is 39.7 Å². The molecule has 0 spiro atoms. The van der Waals surface area contributed by atoms with E-state index in [9.17, 15) is 9.90 Å². The smallest absolute Gasteiger partial charge is 0.266 e. The zero-order valence-corrected chi connectivity index (χ0v) is 22.3.